The fraction of sp³-hybridized carbons (Fsp3) is 0.0833. The summed E-state index contributed by atoms with van der Waals surface area (Å²) in [5.41, 5.74) is 3.35. The van der Waals surface area contributed by atoms with Crippen molar-refractivity contribution in [2.75, 3.05) is 7.11 Å². The molecule has 158 valence electrons. The first-order chi connectivity index (χ1) is 15.5. The Hall–Kier alpha value is -3.62. The van der Waals surface area contributed by atoms with E-state index in [1.165, 1.54) is 18.4 Å². The van der Waals surface area contributed by atoms with Gasteiger partial charge in [-0.2, -0.15) is 4.99 Å². The number of fused-ring (bicyclic) bond motifs is 2. The number of carbonyl (C=O) groups excluding carboxylic acids is 2. The van der Waals surface area contributed by atoms with E-state index in [4.69, 9.17) is 9.72 Å². The number of methoxy groups -OCH3 is 1. The first kappa shape index (κ1) is 20.3. The highest BCUT2D eigenvalue weighted by atomic mass is 32.1. The summed E-state index contributed by atoms with van der Waals surface area (Å²) in [6.07, 6.45) is 0. The SMILES string of the molecule is COC(=O)c1ccc2c(c1)sc(=NC(=O)c1cc(-c3cccs3)nc3ccccc13)n2C. The van der Waals surface area contributed by atoms with Gasteiger partial charge in [-0.3, -0.25) is 4.79 Å². The van der Waals surface area contributed by atoms with E-state index in [0.717, 1.165) is 31.7 Å². The Morgan fingerprint density at radius 2 is 1.91 bits per heavy atom. The van der Waals surface area contributed by atoms with Crippen LogP contribution in [0.3, 0.4) is 0 Å². The van der Waals surface area contributed by atoms with Gasteiger partial charge in [-0.05, 0) is 41.8 Å². The molecular formula is C24H17N3O3S2. The van der Waals surface area contributed by atoms with E-state index >= 15 is 0 Å². The Bertz CT molecular complexity index is 1560. The molecule has 0 saturated heterocycles. The van der Waals surface area contributed by atoms with Crippen molar-refractivity contribution in [1.82, 2.24) is 9.55 Å². The van der Waals surface area contributed by atoms with Gasteiger partial charge in [0.1, 0.15) is 0 Å². The van der Waals surface area contributed by atoms with Crippen LogP contribution in [0.2, 0.25) is 0 Å². The minimum Gasteiger partial charge on any atom is -0.465 e. The third kappa shape index (κ3) is 3.53. The first-order valence-corrected chi connectivity index (χ1v) is 11.5. The molecule has 0 N–H and O–H groups in total. The molecule has 0 aliphatic carbocycles. The molecule has 0 bridgehead atoms. The van der Waals surface area contributed by atoms with Crippen LogP contribution in [-0.2, 0) is 11.8 Å². The van der Waals surface area contributed by atoms with Crippen LogP contribution in [0.15, 0.2) is 71.0 Å². The smallest absolute Gasteiger partial charge is 0.337 e. The Kier molecular flexibility index (Phi) is 5.16. The van der Waals surface area contributed by atoms with Gasteiger partial charge in [-0.1, -0.05) is 35.6 Å². The number of hydrogen-bond donors (Lipinski definition) is 0. The summed E-state index contributed by atoms with van der Waals surface area (Å²) in [4.78, 5) is 35.9. The van der Waals surface area contributed by atoms with Crippen LogP contribution in [0.4, 0.5) is 0 Å². The van der Waals surface area contributed by atoms with Crippen molar-refractivity contribution < 1.29 is 14.3 Å². The number of benzene rings is 2. The molecule has 8 heteroatoms. The number of ether oxygens (including phenoxy) is 1. The molecule has 5 aromatic rings. The fourth-order valence-electron chi connectivity index (χ4n) is 3.54. The third-order valence-electron chi connectivity index (χ3n) is 5.15. The maximum atomic E-state index is 13.3. The molecule has 5 rings (SSSR count). The second kappa shape index (κ2) is 8.14. The zero-order valence-corrected chi connectivity index (χ0v) is 18.9. The van der Waals surface area contributed by atoms with Gasteiger partial charge in [0, 0.05) is 12.4 Å². The van der Waals surface area contributed by atoms with Crippen molar-refractivity contribution in [1.29, 1.82) is 0 Å². The average Bonchev–Trinajstić information content (AvgIpc) is 3.46. The van der Waals surface area contributed by atoms with Crippen molar-refractivity contribution >= 4 is 55.7 Å². The van der Waals surface area contributed by atoms with Crippen molar-refractivity contribution in [2.24, 2.45) is 12.0 Å². The zero-order valence-electron chi connectivity index (χ0n) is 17.2. The largest absolute Gasteiger partial charge is 0.465 e. The van der Waals surface area contributed by atoms with E-state index in [0.29, 0.717) is 15.9 Å². The molecular weight excluding hydrogens is 442 g/mol. The summed E-state index contributed by atoms with van der Waals surface area (Å²) >= 11 is 2.93. The molecule has 0 atom stereocenters. The van der Waals surface area contributed by atoms with E-state index < -0.39 is 5.97 Å². The lowest BCUT2D eigenvalue weighted by Crippen LogP contribution is -2.13. The van der Waals surface area contributed by atoms with E-state index in [9.17, 15) is 9.59 Å². The molecule has 1 amide bonds. The second-order valence-corrected chi connectivity index (χ2v) is 9.04. The molecule has 0 saturated carbocycles. The summed E-state index contributed by atoms with van der Waals surface area (Å²) < 4.78 is 7.50. The van der Waals surface area contributed by atoms with Crippen molar-refractivity contribution in [3.05, 3.63) is 82.0 Å². The molecule has 2 aromatic carbocycles. The second-order valence-electron chi connectivity index (χ2n) is 7.08. The predicted molar refractivity (Wildman–Crippen MR) is 127 cm³/mol. The van der Waals surface area contributed by atoms with Crippen molar-refractivity contribution in [3.8, 4) is 10.6 Å². The van der Waals surface area contributed by atoms with Crippen LogP contribution in [-0.4, -0.2) is 28.5 Å². The van der Waals surface area contributed by atoms with Crippen LogP contribution in [0.25, 0.3) is 31.7 Å². The molecule has 32 heavy (non-hydrogen) atoms. The van der Waals surface area contributed by atoms with Crippen molar-refractivity contribution in [3.63, 3.8) is 0 Å². The number of para-hydroxylation sites is 1. The number of rotatable bonds is 3. The third-order valence-corrected chi connectivity index (χ3v) is 7.13. The average molecular weight is 460 g/mol. The number of nitrogens with zero attached hydrogens (tertiary/aromatic N) is 3. The highest BCUT2D eigenvalue weighted by Gasteiger charge is 2.15. The van der Waals surface area contributed by atoms with Crippen LogP contribution in [0, 0.1) is 0 Å². The maximum Gasteiger partial charge on any atom is 0.337 e. The summed E-state index contributed by atoms with van der Waals surface area (Å²) in [5, 5.41) is 2.75. The molecule has 0 radical (unpaired) electrons. The first-order valence-electron chi connectivity index (χ1n) is 9.76. The van der Waals surface area contributed by atoms with Gasteiger partial charge in [0.15, 0.2) is 4.80 Å². The minimum absolute atomic E-state index is 0.336. The van der Waals surface area contributed by atoms with E-state index in [2.05, 4.69) is 4.99 Å². The standard InChI is InChI=1S/C24H17N3O3S2/c1-27-19-10-9-14(23(29)30-2)12-21(19)32-24(27)26-22(28)16-13-18(20-8-5-11-31-20)25-17-7-4-3-6-15(16)17/h3-13H,1-2H3. The normalized spacial score (nSPS) is 11.9. The van der Waals surface area contributed by atoms with E-state index in [1.807, 2.05) is 65.5 Å². The summed E-state index contributed by atoms with van der Waals surface area (Å²) in [5.74, 6) is -0.737. The lowest BCUT2D eigenvalue weighted by atomic mass is 10.1. The highest BCUT2D eigenvalue weighted by Crippen LogP contribution is 2.28. The number of carbonyl (C=O) groups is 2. The van der Waals surface area contributed by atoms with E-state index in [-0.39, 0.29) is 5.91 Å². The van der Waals surface area contributed by atoms with Gasteiger partial charge >= 0.3 is 5.97 Å². The number of hydrogen-bond acceptors (Lipinski definition) is 6. The summed E-state index contributed by atoms with van der Waals surface area (Å²) in [6, 6.07) is 18.6. The lowest BCUT2D eigenvalue weighted by molar-refractivity contribution is 0.0601. The minimum atomic E-state index is -0.401. The Morgan fingerprint density at radius 1 is 1.06 bits per heavy atom. The molecule has 0 aliphatic rings. The van der Waals surface area contributed by atoms with Crippen LogP contribution in [0.5, 0.6) is 0 Å². The monoisotopic (exact) mass is 459 g/mol. The summed E-state index contributed by atoms with van der Waals surface area (Å²) in [6.45, 7) is 0. The number of aryl methyl sites for hydroxylation is 1. The molecule has 3 heterocycles. The molecule has 0 aliphatic heterocycles. The number of aromatic nitrogens is 2. The van der Waals surface area contributed by atoms with Crippen LogP contribution < -0.4 is 4.80 Å². The number of thiazole rings is 1. The molecule has 6 nitrogen and oxygen atoms in total. The Labute approximate surface area is 191 Å². The van der Waals surface area contributed by atoms with Gasteiger partial charge in [0.05, 0.1) is 44.5 Å². The maximum absolute atomic E-state index is 13.3. The molecule has 3 aromatic heterocycles. The zero-order chi connectivity index (χ0) is 22.2. The van der Waals surface area contributed by atoms with E-state index in [1.54, 1.807) is 23.5 Å². The van der Waals surface area contributed by atoms with Gasteiger partial charge in [0.25, 0.3) is 5.91 Å². The van der Waals surface area contributed by atoms with Gasteiger partial charge < -0.3 is 9.30 Å². The van der Waals surface area contributed by atoms with Gasteiger partial charge in [-0.25, -0.2) is 9.78 Å². The predicted octanol–water partition coefficient (Wildman–Crippen LogP) is 5.04. The molecule has 0 unspecified atom stereocenters. The quantitative estimate of drug-likeness (QED) is 0.354. The van der Waals surface area contributed by atoms with Crippen molar-refractivity contribution in [2.45, 2.75) is 0 Å². The number of pyridine rings is 1. The van der Waals surface area contributed by atoms with Gasteiger partial charge in [-0.15, -0.1) is 11.3 Å². The topological polar surface area (TPSA) is 73.6 Å². The molecule has 0 fully saturated rings. The Morgan fingerprint density at radius 3 is 2.69 bits per heavy atom. The number of thiophene rings is 1. The number of amides is 1. The fourth-order valence-corrected chi connectivity index (χ4v) is 5.28. The Balaban J connectivity index is 1.65. The number of esters is 1. The lowest BCUT2D eigenvalue weighted by Gasteiger charge is -2.06. The summed E-state index contributed by atoms with van der Waals surface area (Å²) in [7, 11) is 3.20. The molecule has 0 spiro atoms. The van der Waals surface area contributed by atoms with Gasteiger partial charge in [0.2, 0.25) is 0 Å². The van der Waals surface area contributed by atoms with Crippen LogP contribution >= 0.6 is 22.7 Å². The van der Waals surface area contributed by atoms with Crippen LogP contribution in [0.1, 0.15) is 20.7 Å². The highest BCUT2D eigenvalue weighted by molar-refractivity contribution is 7.16.